The van der Waals surface area contributed by atoms with Gasteiger partial charge in [0.25, 0.3) is 0 Å². The molecule has 0 saturated carbocycles. The number of rotatable bonds is 5. The number of nitrogens with zero attached hydrogens (tertiary/aromatic N) is 1. The molecular weight excluding hydrogens is 322 g/mol. The molecular formula is C19H22ClN3O. The van der Waals surface area contributed by atoms with E-state index in [1.165, 1.54) is 31.5 Å². The largest absolute Gasteiger partial charge is 0.334 e. The number of hydrogen-bond acceptors (Lipinski definition) is 2. The average molecular weight is 344 g/mol. The third-order valence-electron chi connectivity index (χ3n) is 4.18. The van der Waals surface area contributed by atoms with Crippen LogP contribution in [0.2, 0.25) is 5.02 Å². The van der Waals surface area contributed by atoms with Crippen molar-refractivity contribution in [2.24, 2.45) is 0 Å². The highest BCUT2D eigenvalue weighted by atomic mass is 35.5. The third-order valence-corrected chi connectivity index (χ3v) is 4.43. The molecule has 2 aromatic rings. The van der Waals surface area contributed by atoms with E-state index in [9.17, 15) is 4.79 Å². The zero-order valence-electron chi connectivity index (χ0n) is 13.6. The van der Waals surface area contributed by atoms with E-state index in [4.69, 9.17) is 11.6 Å². The van der Waals surface area contributed by atoms with E-state index in [1.807, 2.05) is 0 Å². The zero-order chi connectivity index (χ0) is 16.8. The fourth-order valence-electron chi connectivity index (χ4n) is 2.85. The predicted octanol–water partition coefficient (Wildman–Crippen LogP) is 4.26. The van der Waals surface area contributed by atoms with E-state index in [2.05, 4.69) is 39.8 Å². The second-order valence-electron chi connectivity index (χ2n) is 6.11. The lowest BCUT2D eigenvalue weighted by molar-refractivity contribution is 0.251. The van der Waals surface area contributed by atoms with Gasteiger partial charge in [-0.25, -0.2) is 4.79 Å². The first-order valence-corrected chi connectivity index (χ1v) is 8.67. The number of halogens is 1. The lowest BCUT2D eigenvalue weighted by Crippen LogP contribution is -2.28. The van der Waals surface area contributed by atoms with Gasteiger partial charge in [-0.15, -0.1) is 0 Å². The molecule has 1 aliphatic heterocycles. The van der Waals surface area contributed by atoms with E-state index in [-0.39, 0.29) is 6.03 Å². The molecule has 1 fully saturated rings. The lowest BCUT2D eigenvalue weighted by atomic mass is 10.1. The van der Waals surface area contributed by atoms with Gasteiger partial charge in [-0.1, -0.05) is 35.9 Å². The van der Waals surface area contributed by atoms with Gasteiger partial charge in [0.2, 0.25) is 0 Å². The fraction of sp³-hybridized carbons (Fsp3) is 0.316. The van der Waals surface area contributed by atoms with Crippen molar-refractivity contribution in [3.05, 3.63) is 64.7 Å². The van der Waals surface area contributed by atoms with Crippen molar-refractivity contribution in [2.75, 3.05) is 18.4 Å². The fourth-order valence-corrected chi connectivity index (χ4v) is 2.98. The minimum absolute atomic E-state index is 0.224. The number of amides is 2. The molecule has 0 bridgehead atoms. The molecule has 3 rings (SSSR count). The molecule has 0 radical (unpaired) electrons. The number of nitrogens with one attached hydrogen (secondary N) is 2. The summed E-state index contributed by atoms with van der Waals surface area (Å²) >= 11 is 5.82. The van der Waals surface area contributed by atoms with E-state index in [0.717, 1.165) is 17.8 Å². The molecule has 0 aromatic heterocycles. The predicted molar refractivity (Wildman–Crippen MR) is 98.3 cm³/mol. The van der Waals surface area contributed by atoms with E-state index >= 15 is 0 Å². The molecule has 2 aromatic carbocycles. The van der Waals surface area contributed by atoms with Gasteiger partial charge in [0, 0.05) is 23.8 Å². The number of carbonyl (C=O) groups is 1. The second-order valence-corrected chi connectivity index (χ2v) is 6.55. The highest BCUT2D eigenvalue weighted by molar-refractivity contribution is 6.30. The van der Waals surface area contributed by atoms with E-state index in [0.29, 0.717) is 11.6 Å². The molecule has 1 saturated heterocycles. The minimum atomic E-state index is -0.224. The van der Waals surface area contributed by atoms with Crippen LogP contribution in [-0.2, 0) is 13.1 Å². The Morgan fingerprint density at radius 3 is 2.25 bits per heavy atom. The van der Waals surface area contributed by atoms with E-state index in [1.54, 1.807) is 24.3 Å². The number of benzene rings is 2. The summed E-state index contributed by atoms with van der Waals surface area (Å²) in [7, 11) is 0. The van der Waals surface area contributed by atoms with Crippen LogP contribution in [0.3, 0.4) is 0 Å². The topological polar surface area (TPSA) is 44.4 Å². The minimum Gasteiger partial charge on any atom is -0.334 e. The molecule has 5 heteroatoms. The molecule has 1 aliphatic rings. The summed E-state index contributed by atoms with van der Waals surface area (Å²) in [5.74, 6) is 0. The van der Waals surface area contributed by atoms with Crippen LogP contribution in [0.4, 0.5) is 10.5 Å². The van der Waals surface area contributed by atoms with Gasteiger partial charge >= 0.3 is 6.03 Å². The van der Waals surface area contributed by atoms with Crippen molar-refractivity contribution in [1.29, 1.82) is 0 Å². The van der Waals surface area contributed by atoms with Gasteiger partial charge in [-0.3, -0.25) is 4.90 Å². The summed E-state index contributed by atoms with van der Waals surface area (Å²) in [5.41, 5.74) is 3.13. The first-order chi connectivity index (χ1) is 11.7. The Kier molecular flexibility index (Phi) is 5.72. The summed E-state index contributed by atoms with van der Waals surface area (Å²) in [5, 5.41) is 6.29. The van der Waals surface area contributed by atoms with Crippen LogP contribution < -0.4 is 10.6 Å². The van der Waals surface area contributed by atoms with Crippen molar-refractivity contribution in [3.63, 3.8) is 0 Å². The molecule has 0 aliphatic carbocycles. The first-order valence-electron chi connectivity index (χ1n) is 8.30. The van der Waals surface area contributed by atoms with Gasteiger partial charge in [-0.05, 0) is 61.3 Å². The molecule has 0 atom stereocenters. The lowest BCUT2D eigenvalue weighted by Gasteiger charge is -2.14. The Morgan fingerprint density at radius 2 is 1.58 bits per heavy atom. The van der Waals surface area contributed by atoms with Crippen molar-refractivity contribution < 1.29 is 4.79 Å². The van der Waals surface area contributed by atoms with Gasteiger partial charge in [0.15, 0.2) is 0 Å². The Balaban J connectivity index is 1.45. The molecule has 4 nitrogen and oxygen atoms in total. The normalized spacial score (nSPS) is 14.5. The van der Waals surface area contributed by atoms with Crippen LogP contribution in [0.5, 0.6) is 0 Å². The van der Waals surface area contributed by atoms with Gasteiger partial charge < -0.3 is 10.6 Å². The Hall–Kier alpha value is -2.04. The number of urea groups is 1. The molecule has 126 valence electrons. The monoisotopic (exact) mass is 343 g/mol. The molecule has 0 unspecified atom stereocenters. The number of anilines is 1. The molecule has 24 heavy (non-hydrogen) atoms. The van der Waals surface area contributed by atoms with Gasteiger partial charge in [-0.2, -0.15) is 0 Å². The van der Waals surface area contributed by atoms with Crippen LogP contribution in [0.1, 0.15) is 24.0 Å². The summed E-state index contributed by atoms with van der Waals surface area (Å²) in [6.45, 7) is 3.93. The van der Waals surface area contributed by atoms with Crippen LogP contribution in [0.15, 0.2) is 48.5 Å². The number of likely N-dealkylation sites (tertiary alicyclic amines) is 1. The number of hydrogen-bond donors (Lipinski definition) is 2. The van der Waals surface area contributed by atoms with Crippen LogP contribution in [-0.4, -0.2) is 24.0 Å². The molecule has 1 heterocycles. The first kappa shape index (κ1) is 16.8. The summed E-state index contributed by atoms with van der Waals surface area (Å²) < 4.78 is 0. The maximum absolute atomic E-state index is 11.9. The maximum Gasteiger partial charge on any atom is 0.319 e. The van der Waals surface area contributed by atoms with Crippen molar-refractivity contribution in [3.8, 4) is 0 Å². The molecule has 0 spiro atoms. The van der Waals surface area contributed by atoms with Crippen LogP contribution in [0, 0.1) is 0 Å². The molecule has 2 amide bonds. The highest BCUT2D eigenvalue weighted by Crippen LogP contribution is 2.14. The highest BCUT2D eigenvalue weighted by Gasteiger charge is 2.11. The molecule has 2 N–H and O–H groups in total. The third kappa shape index (κ3) is 4.98. The summed E-state index contributed by atoms with van der Waals surface area (Å²) in [6, 6.07) is 15.3. The Labute approximate surface area is 147 Å². The second kappa shape index (κ2) is 8.18. The smallest absolute Gasteiger partial charge is 0.319 e. The maximum atomic E-state index is 11.9. The van der Waals surface area contributed by atoms with Gasteiger partial charge in [0.1, 0.15) is 0 Å². The van der Waals surface area contributed by atoms with Gasteiger partial charge in [0.05, 0.1) is 0 Å². The standard InChI is InChI=1S/C19H22ClN3O/c20-17-7-9-18(10-8-17)22-19(24)21-13-15-3-5-16(6-4-15)14-23-11-1-2-12-23/h3-10H,1-2,11-14H2,(H2,21,22,24). The van der Waals surface area contributed by atoms with Crippen LogP contribution in [0.25, 0.3) is 0 Å². The quantitative estimate of drug-likeness (QED) is 0.852. The zero-order valence-corrected chi connectivity index (χ0v) is 14.4. The van der Waals surface area contributed by atoms with Crippen molar-refractivity contribution in [2.45, 2.75) is 25.9 Å². The van der Waals surface area contributed by atoms with Crippen molar-refractivity contribution >= 4 is 23.3 Å². The Bertz CT molecular complexity index is 664. The Morgan fingerprint density at radius 1 is 0.958 bits per heavy atom. The number of carbonyl (C=O) groups excluding carboxylic acids is 1. The summed E-state index contributed by atoms with van der Waals surface area (Å²) in [4.78, 5) is 14.4. The van der Waals surface area contributed by atoms with Crippen LogP contribution >= 0.6 is 11.6 Å². The summed E-state index contributed by atoms with van der Waals surface area (Å²) in [6.07, 6.45) is 2.62. The van der Waals surface area contributed by atoms with E-state index < -0.39 is 0 Å². The SMILES string of the molecule is O=C(NCc1ccc(CN2CCCC2)cc1)Nc1ccc(Cl)cc1. The van der Waals surface area contributed by atoms with Crippen molar-refractivity contribution in [1.82, 2.24) is 10.2 Å². The average Bonchev–Trinajstić information content (AvgIpc) is 3.09.